The molecule has 0 radical (unpaired) electrons. The van der Waals surface area contributed by atoms with Crippen LogP contribution in [0.3, 0.4) is 0 Å². The molecular weight excluding hydrogens is 266 g/mol. The van der Waals surface area contributed by atoms with Crippen molar-refractivity contribution in [3.05, 3.63) is 29.8 Å². The maximum atomic E-state index is 11.9. The van der Waals surface area contributed by atoms with E-state index in [1.807, 2.05) is 0 Å². The Morgan fingerprint density at radius 2 is 1.89 bits per heavy atom. The molecule has 0 spiro atoms. The highest BCUT2D eigenvalue weighted by Crippen LogP contribution is 2.11. The van der Waals surface area contributed by atoms with Crippen molar-refractivity contribution in [2.45, 2.75) is 24.2 Å². The Morgan fingerprint density at radius 1 is 1.26 bits per heavy atom. The zero-order valence-corrected chi connectivity index (χ0v) is 11.5. The van der Waals surface area contributed by atoms with Gasteiger partial charge in [-0.15, -0.1) is 0 Å². The molecule has 0 bridgehead atoms. The summed E-state index contributed by atoms with van der Waals surface area (Å²) in [5.41, 5.74) is 0.679. The minimum absolute atomic E-state index is 0.0381. The van der Waals surface area contributed by atoms with Crippen molar-refractivity contribution in [2.75, 3.05) is 12.8 Å². The second kappa shape index (κ2) is 7.68. The van der Waals surface area contributed by atoms with E-state index < -0.39 is 16.8 Å². The van der Waals surface area contributed by atoms with Crippen LogP contribution in [0, 0.1) is 0 Å². The number of nitrogens with one attached hydrogen (secondary N) is 1. The molecular formula is C13H17NO4S. The first-order valence-electron chi connectivity index (χ1n) is 5.92. The fourth-order valence-corrected chi connectivity index (χ4v) is 2.62. The summed E-state index contributed by atoms with van der Waals surface area (Å²) in [5, 5.41) is 11.1. The molecule has 0 saturated heterocycles. The van der Waals surface area contributed by atoms with Crippen LogP contribution in [0.25, 0.3) is 0 Å². The van der Waals surface area contributed by atoms with Crippen LogP contribution >= 0.6 is 0 Å². The predicted molar refractivity (Wildman–Crippen MR) is 72.4 cm³/mol. The van der Waals surface area contributed by atoms with E-state index in [2.05, 4.69) is 5.32 Å². The van der Waals surface area contributed by atoms with Gasteiger partial charge in [0.05, 0.1) is 17.2 Å². The van der Waals surface area contributed by atoms with Crippen LogP contribution in [0.15, 0.2) is 29.2 Å². The van der Waals surface area contributed by atoms with E-state index in [1.54, 1.807) is 31.3 Å². The van der Waals surface area contributed by atoms with E-state index in [1.165, 1.54) is 0 Å². The molecule has 1 aromatic carbocycles. The van der Waals surface area contributed by atoms with Crippen molar-refractivity contribution in [1.29, 1.82) is 0 Å². The molecule has 104 valence electrons. The molecule has 0 saturated carbocycles. The van der Waals surface area contributed by atoms with Gasteiger partial charge in [0, 0.05) is 24.1 Å². The molecule has 1 amide bonds. The molecule has 0 aliphatic heterocycles. The Hall–Kier alpha value is -1.69. The van der Waals surface area contributed by atoms with E-state index in [0.717, 1.165) is 0 Å². The summed E-state index contributed by atoms with van der Waals surface area (Å²) in [6.07, 6.45) is 0.881. The van der Waals surface area contributed by atoms with Gasteiger partial charge in [0.15, 0.2) is 0 Å². The highest BCUT2D eigenvalue weighted by Gasteiger charge is 2.06. The molecule has 5 nitrogen and oxygen atoms in total. The zero-order chi connectivity index (χ0) is 14.3. The topological polar surface area (TPSA) is 83.5 Å². The first-order valence-corrected chi connectivity index (χ1v) is 7.24. The number of carbonyl (C=O) groups is 2. The lowest BCUT2D eigenvalue weighted by Gasteiger charge is -2.03. The summed E-state index contributed by atoms with van der Waals surface area (Å²) in [6.45, 7) is 0. The number of carboxylic acids is 1. The van der Waals surface area contributed by atoms with Crippen LogP contribution in [0.5, 0.6) is 0 Å². The monoisotopic (exact) mass is 283 g/mol. The number of benzene rings is 1. The highest BCUT2D eigenvalue weighted by molar-refractivity contribution is 7.85. The molecule has 1 unspecified atom stereocenters. The Labute approximate surface area is 114 Å². The van der Waals surface area contributed by atoms with Crippen molar-refractivity contribution in [3.63, 3.8) is 0 Å². The average Bonchev–Trinajstić information content (AvgIpc) is 2.38. The number of amides is 1. The fraction of sp³-hybridized carbons (Fsp3) is 0.385. The van der Waals surface area contributed by atoms with Gasteiger partial charge in [-0.2, -0.15) is 0 Å². The van der Waals surface area contributed by atoms with Crippen LogP contribution in [-0.2, 0) is 26.8 Å². The largest absolute Gasteiger partial charge is 0.481 e. The lowest BCUT2D eigenvalue weighted by Crippen LogP contribution is -2.17. The van der Waals surface area contributed by atoms with E-state index in [0.29, 0.717) is 29.1 Å². The van der Waals surface area contributed by atoms with E-state index in [9.17, 15) is 13.8 Å². The van der Waals surface area contributed by atoms with Gasteiger partial charge in [-0.1, -0.05) is 12.1 Å². The third-order valence-corrected chi connectivity index (χ3v) is 4.01. The molecule has 1 atom stereocenters. The molecule has 0 heterocycles. The lowest BCUT2D eigenvalue weighted by atomic mass is 10.2. The lowest BCUT2D eigenvalue weighted by molar-refractivity contribution is -0.136. The van der Waals surface area contributed by atoms with E-state index in [-0.39, 0.29) is 12.3 Å². The van der Waals surface area contributed by atoms with Gasteiger partial charge in [0.25, 0.3) is 0 Å². The Bertz CT molecular complexity index is 470. The second-order valence-electron chi connectivity index (χ2n) is 4.04. The van der Waals surface area contributed by atoms with Crippen molar-refractivity contribution in [2.24, 2.45) is 0 Å². The van der Waals surface area contributed by atoms with Gasteiger partial charge >= 0.3 is 5.97 Å². The molecule has 1 aromatic rings. The molecule has 19 heavy (non-hydrogen) atoms. The molecule has 0 fully saturated rings. The Morgan fingerprint density at radius 3 is 2.42 bits per heavy atom. The number of carbonyl (C=O) groups excluding carboxylic acids is 1. The normalized spacial score (nSPS) is 11.8. The Balaban J connectivity index is 2.48. The van der Waals surface area contributed by atoms with Crippen molar-refractivity contribution in [1.82, 2.24) is 5.32 Å². The fourth-order valence-electron chi connectivity index (χ4n) is 1.54. The average molecular weight is 283 g/mol. The van der Waals surface area contributed by atoms with E-state index in [4.69, 9.17) is 5.11 Å². The molecule has 2 N–H and O–H groups in total. The maximum Gasteiger partial charge on any atom is 0.307 e. The molecule has 1 rings (SSSR count). The van der Waals surface area contributed by atoms with E-state index >= 15 is 0 Å². The minimum atomic E-state index is -1.15. The summed E-state index contributed by atoms with van der Waals surface area (Å²) in [5.74, 6) is -0.528. The number of hydrogen-bond acceptors (Lipinski definition) is 3. The summed E-state index contributed by atoms with van der Waals surface area (Å²) < 4.78 is 11.9. The van der Waals surface area contributed by atoms with Crippen molar-refractivity contribution < 1.29 is 18.9 Å². The third-order valence-electron chi connectivity index (χ3n) is 2.55. The quantitative estimate of drug-likeness (QED) is 0.780. The van der Waals surface area contributed by atoms with Crippen molar-refractivity contribution in [3.8, 4) is 0 Å². The van der Waals surface area contributed by atoms with Gasteiger partial charge in [-0.05, 0) is 24.1 Å². The zero-order valence-electron chi connectivity index (χ0n) is 10.7. The van der Waals surface area contributed by atoms with Crippen LogP contribution < -0.4 is 5.32 Å². The standard InChI is InChI=1S/C13H17NO4S/c1-14-12(15)3-2-8-19(18)11-6-4-10(5-7-11)9-13(16)17/h4-7H,2-3,8-9H2,1H3,(H,14,15)(H,16,17). The van der Waals surface area contributed by atoms with Gasteiger partial charge in [0.1, 0.15) is 0 Å². The first kappa shape index (κ1) is 15.4. The predicted octanol–water partition coefficient (Wildman–Crippen LogP) is 0.947. The smallest absolute Gasteiger partial charge is 0.307 e. The molecule has 6 heteroatoms. The van der Waals surface area contributed by atoms with Gasteiger partial charge in [-0.25, -0.2) is 0 Å². The molecule has 0 aliphatic carbocycles. The van der Waals surface area contributed by atoms with Crippen molar-refractivity contribution >= 4 is 22.7 Å². The van der Waals surface area contributed by atoms with Crippen LogP contribution in [0.2, 0.25) is 0 Å². The summed E-state index contributed by atoms with van der Waals surface area (Å²) in [4.78, 5) is 22.2. The Kier molecular flexibility index (Phi) is 6.21. The summed E-state index contributed by atoms with van der Waals surface area (Å²) in [7, 11) is 0.420. The molecule has 0 aromatic heterocycles. The first-order chi connectivity index (χ1) is 9.02. The van der Waals surface area contributed by atoms with Gasteiger partial charge in [-0.3, -0.25) is 13.8 Å². The van der Waals surface area contributed by atoms with Crippen LogP contribution in [0.4, 0.5) is 0 Å². The maximum absolute atomic E-state index is 11.9. The van der Waals surface area contributed by atoms with Crippen LogP contribution in [-0.4, -0.2) is 34.0 Å². The number of aliphatic carboxylic acids is 1. The number of rotatable bonds is 7. The van der Waals surface area contributed by atoms with Gasteiger partial charge in [0.2, 0.25) is 5.91 Å². The third kappa shape index (κ3) is 5.65. The second-order valence-corrected chi connectivity index (χ2v) is 5.61. The van der Waals surface area contributed by atoms with Gasteiger partial charge < -0.3 is 10.4 Å². The SMILES string of the molecule is CNC(=O)CCCS(=O)c1ccc(CC(=O)O)cc1. The minimum Gasteiger partial charge on any atom is -0.481 e. The number of carboxylic acid groups (broad SMARTS) is 1. The number of hydrogen-bond donors (Lipinski definition) is 2. The summed E-state index contributed by atoms with van der Waals surface area (Å²) >= 11 is 0. The van der Waals surface area contributed by atoms with Crippen LogP contribution in [0.1, 0.15) is 18.4 Å². The highest BCUT2D eigenvalue weighted by atomic mass is 32.2. The summed E-state index contributed by atoms with van der Waals surface area (Å²) in [6, 6.07) is 6.68. The molecule has 0 aliphatic rings.